The highest BCUT2D eigenvalue weighted by atomic mass is 79.9. The minimum absolute atomic E-state index is 0.0872. The Balaban J connectivity index is 2.04. The van der Waals surface area contributed by atoms with Gasteiger partial charge in [0.2, 0.25) is 0 Å². The van der Waals surface area contributed by atoms with Gasteiger partial charge in [-0.2, -0.15) is 0 Å². The molecule has 3 nitrogen and oxygen atoms in total. The topological polar surface area (TPSA) is 49.3 Å². The van der Waals surface area contributed by atoms with E-state index < -0.39 is 0 Å². The van der Waals surface area contributed by atoms with Gasteiger partial charge in [0.05, 0.1) is 12.6 Å². The predicted molar refractivity (Wildman–Crippen MR) is 87.4 cm³/mol. The molecule has 110 valence electrons. The summed E-state index contributed by atoms with van der Waals surface area (Å²) in [5.41, 5.74) is 2.69. The highest BCUT2D eigenvalue weighted by molar-refractivity contribution is 9.10. The third kappa shape index (κ3) is 4.41. The second kappa shape index (κ2) is 7.38. The number of halogens is 1. The lowest BCUT2D eigenvalue weighted by atomic mass is 10.1. The molecule has 21 heavy (non-hydrogen) atoms. The number of hydrogen-bond acceptors (Lipinski definition) is 2. The first kappa shape index (κ1) is 15.7. The smallest absolute Gasteiger partial charge is 0.251 e. The first-order valence-corrected chi connectivity index (χ1v) is 7.61. The minimum atomic E-state index is -0.288. The molecule has 0 fully saturated rings. The van der Waals surface area contributed by atoms with Crippen LogP contribution in [-0.2, 0) is 6.42 Å². The Hall–Kier alpha value is -1.65. The maximum Gasteiger partial charge on any atom is 0.251 e. The van der Waals surface area contributed by atoms with E-state index in [4.69, 9.17) is 0 Å². The van der Waals surface area contributed by atoms with E-state index in [0.717, 1.165) is 15.6 Å². The Morgan fingerprint density at radius 2 is 1.95 bits per heavy atom. The van der Waals surface area contributed by atoms with Crippen LogP contribution in [-0.4, -0.2) is 23.7 Å². The van der Waals surface area contributed by atoms with Gasteiger partial charge < -0.3 is 10.4 Å². The number of nitrogens with one attached hydrogen (secondary N) is 1. The van der Waals surface area contributed by atoms with Gasteiger partial charge in [0.1, 0.15) is 0 Å². The highest BCUT2D eigenvalue weighted by Crippen LogP contribution is 2.17. The molecule has 0 radical (unpaired) electrons. The normalized spacial score (nSPS) is 12.0. The summed E-state index contributed by atoms with van der Waals surface area (Å²) in [6, 6.07) is 15.0. The third-order valence-corrected chi connectivity index (χ3v) is 4.19. The van der Waals surface area contributed by atoms with Crippen LogP contribution in [0.5, 0.6) is 0 Å². The van der Waals surface area contributed by atoms with Crippen molar-refractivity contribution >= 4 is 21.8 Å². The first-order chi connectivity index (χ1) is 10.1. The molecule has 4 heteroatoms. The number of amides is 1. The molecule has 2 aromatic carbocycles. The first-order valence-electron chi connectivity index (χ1n) is 6.82. The largest absolute Gasteiger partial charge is 0.394 e. The van der Waals surface area contributed by atoms with E-state index in [-0.39, 0.29) is 18.6 Å². The number of carbonyl (C=O) groups is 1. The van der Waals surface area contributed by atoms with Crippen molar-refractivity contribution in [2.45, 2.75) is 19.4 Å². The van der Waals surface area contributed by atoms with Gasteiger partial charge in [0.25, 0.3) is 5.91 Å². The van der Waals surface area contributed by atoms with Crippen LogP contribution < -0.4 is 5.32 Å². The fraction of sp³-hybridized carbons (Fsp3) is 0.235. The zero-order valence-electron chi connectivity index (χ0n) is 11.8. The van der Waals surface area contributed by atoms with E-state index in [1.54, 1.807) is 6.07 Å². The fourth-order valence-corrected chi connectivity index (χ4v) is 2.36. The van der Waals surface area contributed by atoms with Crippen molar-refractivity contribution in [1.82, 2.24) is 5.32 Å². The predicted octanol–water partition coefficient (Wildman–Crippen LogP) is 3.09. The van der Waals surface area contributed by atoms with Gasteiger partial charge in [0.15, 0.2) is 0 Å². The lowest BCUT2D eigenvalue weighted by Crippen LogP contribution is -2.39. The molecule has 2 aromatic rings. The zero-order chi connectivity index (χ0) is 15.2. The van der Waals surface area contributed by atoms with Crippen LogP contribution in [0.15, 0.2) is 53.0 Å². The van der Waals surface area contributed by atoms with Crippen molar-refractivity contribution < 1.29 is 9.90 Å². The Morgan fingerprint density at radius 1 is 1.24 bits per heavy atom. The van der Waals surface area contributed by atoms with E-state index in [2.05, 4.69) is 21.2 Å². The number of aryl methyl sites for hydroxylation is 1. The molecule has 2 N–H and O–H groups in total. The lowest BCUT2D eigenvalue weighted by Gasteiger charge is -2.16. The van der Waals surface area contributed by atoms with Crippen molar-refractivity contribution in [2.24, 2.45) is 0 Å². The second-order valence-corrected chi connectivity index (χ2v) is 5.86. The number of benzene rings is 2. The van der Waals surface area contributed by atoms with Crippen molar-refractivity contribution in [3.63, 3.8) is 0 Å². The van der Waals surface area contributed by atoms with Crippen LogP contribution in [0.1, 0.15) is 21.5 Å². The summed E-state index contributed by atoms with van der Waals surface area (Å²) in [4.78, 5) is 12.2. The molecule has 0 aliphatic heterocycles. The van der Waals surface area contributed by atoms with Gasteiger partial charge in [-0.05, 0) is 42.7 Å². The molecule has 0 saturated heterocycles. The average molecular weight is 348 g/mol. The number of hydrogen-bond donors (Lipinski definition) is 2. The van der Waals surface area contributed by atoms with Gasteiger partial charge in [0, 0.05) is 10.0 Å². The summed E-state index contributed by atoms with van der Waals surface area (Å²) in [5, 5.41) is 12.3. The summed E-state index contributed by atoms with van der Waals surface area (Å²) in [7, 11) is 0. The molecule has 0 saturated carbocycles. The van der Waals surface area contributed by atoms with E-state index in [9.17, 15) is 9.90 Å². The second-order valence-electron chi connectivity index (χ2n) is 5.01. The van der Waals surface area contributed by atoms with Gasteiger partial charge in [-0.1, -0.05) is 46.3 Å². The monoisotopic (exact) mass is 347 g/mol. The summed E-state index contributed by atoms with van der Waals surface area (Å²) >= 11 is 3.42. The molecule has 0 aliphatic rings. The molecule has 1 amide bonds. The maximum atomic E-state index is 12.2. The molecule has 0 aliphatic carbocycles. The Kier molecular flexibility index (Phi) is 5.53. The van der Waals surface area contributed by atoms with Crippen LogP contribution in [0.4, 0.5) is 0 Å². The van der Waals surface area contributed by atoms with E-state index in [1.165, 1.54) is 0 Å². The summed E-state index contributed by atoms with van der Waals surface area (Å²) in [6.45, 7) is 1.85. The third-order valence-electron chi connectivity index (χ3n) is 3.30. The van der Waals surface area contributed by atoms with E-state index >= 15 is 0 Å². The van der Waals surface area contributed by atoms with Crippen molar-refractivity contribution in [2.75, 3.05) is 6.61 Å². The summed E-state index contributed by atoms with van der Waals surface area (Å²) < 4.78 is 0.974. The maximum absolute atomic E-state index is 12.2. The highest BCUT2D eigenvalue weighted by Gasteiger charge is 2.14. The van der Waals surface area contributed by atoms with Crippen LogP contribution >= 0.6 is 15.9 Å². The molecule has 0 aromatic heterocycles. The standard InChI is InChI=1S/C17H18BrNO2/c1-12-9-14(7-8-16(12)18)17(21)19-15(11-20)10-13-5-3-2-4-6-13/h2-9,15,20H,10-11H2,1H3,(H,19,21)/t15-/m0/s1. The molecular weight excluding hydrogens is 330 g/mol. The fourth-order valence-electron chi connectivity index (χ4n) is 2.11. The zero-order valence-corrected chi connectivity index (χ0v) is 13.4. The number of carbonyl (C=O) groups excluding carboxylic acids is 1. The number of rotatable bonds is 5. The molecule has 1 atom stereocenters. The molecule has 0 unspecified atom stereocenters. The Morgan fingerprint density at radius 3 is 2.57 bits per heavy atom. The van der Waals surface area contributed by atoms with Gasteiger partial charge >= 0.3 is 0 Å². The molecule has 0 heterocycles. The van der Waals surface area contributed by atoms with E-state index in [0.29, 0.717) is 12.0 Å². The van der Waals surface area contributed by atoms with Crippen molar-refractivity contribution in [1.29, 1.82) is 0 Å². The average Bonchev–Trinajstić information content (AvgIpc) is 2.50. The van der Waals surface area contributed by atoms with Gasteiger partial charge in [-0.15, -0.1) is 0 Å². The summed E-state index contributed by atoms with van der Waals surface area (Å²) in [6.07, 6.45) is 0.610. The lowest BCUT2D eigenvalue weighted by molar-refractivity contribution is 0.0916. The Labute approximate surface area is 133 Å². The summed E-state index contributed by atoms with van der Waals surface area (Å²) in [5.74, 6) is -0.166. The molecule has 0 spiro atoms. The van der Waals surface area contributed by atoms with E-state index in [1.807, 2.05) is 49.4 Å². The van der Waals surface area contributed by atoms with Crippen LogP contribution in [0.3, 0.4) is 0 Å². The molecular formula is C17H18BrNO2. The molecule has 2 rings (SSSR count). The quantitative estimate of drug-likeness (QED) is 0.872. The molecule has 0 bridgehead atoms. The van der Waals surface area contributed by atoms with Crippen LogP contribution in [0.2, 0.25) is 0 Å². The van der Waals surface area contributed by atoms with Crippen LogP contribution in [0.25, 0.3) is 0 Å². The van der Waals surface area contributed by atoms with Crippen LogP contribution in [0, 0.1) is 6.92 Å². The van der Waals surface area contributed by atoms with Gasteiger partial charge in [-0.3, -0.25) is 4.79 Å². The van der Waals surface area contributed by atoms with Gasteiger partial charge in [-0.25, -0.2) is 0 Å². The number of aliphatic hydroxyl groups excluding tert-OH is 1. The SMILES string of the molecule is Cc1cc(C(=O)N[C@H](CO)Cc2ccccc2)ccc1Br. The van der Waals surface area contributed by atoms with Crippen molar-refractivity contribution in [3.05, 3.63) is 69.7 Å². The number of aliphatic hydroxyl groups is 1. The minimum Gasteiger partial charge on any atom is -0.394 e. The van der Waals surface area contributed by atoms with Crippen molar-refractivity contribution in [3.8, 4) is 0 Å². The Bertz CT molecular complexity index is 613.